The Balaban J connectivity index is 2.42. The van der Waals surface area contributed by atoms with Gasteiger partial charge in [-0.15, -0.1) is 0 Å². The van der Waals surface area contributed by atoms with Crippen LogP contribution in [-0.2, 0) is 0 Å². The number of alkyl halides is 1. The van der Waals surface area contributed by atoms with E-state index in [-0.39, 0.29) is 0 Å². The predicted molar refractivity (Wildman–Crippen MR) is 76.2 cm³/mol. The minimum absolute atomic E-state index is 0.679. The third-order valence-electron chi connectivity index (χ3n) is 3.19. The fourth-order valence-corrected chi connectivity index (χ4v) is 2.63. The van der Waals surface area contributed by atoms with Crippen molar-refractivity contribution in [2.75, 3.05) is 5.33 Å². The SMILES string of the molecule is C[C@@H](CBr)C[C@H](C)C[C@H](C)c1ccccc1. The minimum Gasteiger partial charge on any atom is -0.0925 e. The van der Waals surface area contributed by atoms with Crippen molar-refractivity contribution < 1.29 is 0 Å². The van der Waals surface area contributed by atoms with Crippen molar-refractivity contribution in [3.63, 3.8) is 0 Å². The largest absolute Gasteiger partial charge is 0.0925 e. The van der Waals surface area contributed by atoms with E-state index in [4.69, 9.17) is 0 Å². The van der Waals surface area contributed by atoms with Crippen molar-refractivity contribution >= 4 is 15.9 Å². The van der Waals surface area contributed by atoms with Crippen LogP contribution in [0.25, 0.3) is 0 Å². The zero-order chi connectivity index (χ0) is 12.0. The van der Waals surface area contributed by atoms with Gasteiger partial charge in [-0.25, -0.2) is 0 Å². The second-order valence-corrected chi connectivity index (χ2v) is 5.80. The summed E-state index contributed by atoms with van der Waals surface area (Å²) in [5.41, 5.74) is 1.47. The van der Waals surface area contributed by atoms with Crippen LogP contribution in [0, 0.1) is 11.8 Å². The molecule has 0 N–H and O–H groups in total. The molecule has 16 heavy (non-hydrogen) atoms. The van der Waals surface area contributed by atoms with E-state index in [0.717, 1.165) is 17.2 Å². The maximum Gasteiger partial charge on any atom is 0.00571 e. The Labute approximate surface area is 109 Å². The van der Waals surface area contributed by atoms with E-state index in [2.05, 4.69) is 67.0 Å². The maximum absolute atomic E-state index is 3.55. The number of hydrogen-bond acceptors (Lipinski definition) is 0. The zero-order valence-electron chi connectivity index (χ0n) is 10.6. The molecular formula is C15H23Br. The highest BCUT2D eigenvalue weighted by Gasteiger charge is 2.12. The van der Waals surface area contributed by atoms with Crippen LogP contribution in [0.3, 0.4) is 0 Å². The molecule has 0 spiro atoms. The Morgan fingerprint density at radius 2 is 1.56 bits per heavy atom. The van der Waals surface area contributed by atoms with E-state index in [1.807, 2.05) is 0 Å². The summed E-state index contributed by atoms with van der Waals surface area (Å²) in [7, 11) is 0. The van der Waals surface area contributed by atoms with E-state index in [9.17, 15) is 0 Å². The average Bonchev–Trinajstić information content (AvgIpc) is 2.29. The summed E-state index contributed by atoms with van der Waals surface area (Å²) in [6.45, 7) is 7.03. The molecule has 1 aromatic rings. The topological polar surface area (TPSA) is 0 Å². The van der Waals surface area contributed by atoms with Gasteiger partial charge in [-0.2, -0.15) is 0 Å². The molecule has 1 aromatic carbocycles. The molecule has 1 heteroatoms. The molecule has 0 aliphatic heterocycles. The van der Waals surface area contributed by atoms with Gasteiger partial charge in [0.15, 0.2) is 0 Å². The summed E-state index contributed by atoms with van der Waals surface area (Å²) in [6, 6.07) is 10.8. The standard InChI is InChI=1S/C15H23Br/c1-12(9-13(2)11-16)10-14(3)15-7-5-4-6-8-15/h4-8,12-14H,9-11H2,1-3H3/t12-,13+,14-/m0/s1. The Morgan fingerprint density at radius 3 is 2.12 bits per heavy atom. The molecule has 0 nitrogen and oxygen atoms in total. The van der Waals surface area contributed by atoms with E-state index in [0.29, 0.717) is 5.92 Å². The summed E-state index contributed by atoms with van der Waals surface area (Å²) in [5, 5.41) is 1.12. The van der Waals surface area contributed by atoms with Gasteiger partial charge in [0.1, 0.15) is 0 Å². The van der Waals surface area contributed by atoms with Gasteiger partial charge in [0.2, 0.25) is 0 Å². The fraction of sp³-hybridized carbons (Fsp3) is 0.600. The molecule has 3 atom stereocenters. The Bertz CT molecular complexity index is 281. The van der Waals surface area contributed by atoms with Crippen LogP contribution in [0.2, 0.25) is 0 Å². The van der Waals surface area contributed by atoms with Crippen molar-refractivity contribution in [2.45, 2.75) is 39.5 Å². The highest BCUT2D eigenvalue weighted by molar-refractivity contribution is 9.09. The highest BCUT2D eigenvalue weighted by atomic mass is 79.9. The van der Waals surface area contributed by atoms with Crippen LogP contribution < -0.4 is 0 Å². The molecule has 0 saturated carbocycles. The van der Waals surface area contributed by atoms with Crippen molar-refractivity contribution in [2.24, 2.45) is 11.8 Å². The Morgan fingerprint density at radius 1 is 0.938 bits per heavy atom. The van der Waals surface area contributed by atoms with Crippen LogP contribution >= 0.6 is 15.9 Å². The summed E-state index contributed by atoms with van der Waals surface area (Å²) >= 11 is 3.55. The van der Waals surface area contributed by atoms with Gasteiger partial charge in [-0.05, 0) is 36.2 Å². The van der Waals surface area contributed by atoms with Gasteiger partial charge < -0.3 is 0 Å². The lowest BCUT2D eigenvalue weighted by molar-refractivity contribution is 0.397. The smallest absolute Gasteiger partial charge is 0.00571 e. The van der Waals surface area contributed by atoms with Crippen molar-refractivity contribution in [1.29, 1.82) is 0 Å². The van der Waals surface area contributed by atoms with Crippen LogP contribution in [0.4, 0.5) is 0 Å². The summed E-state index contributed by atoms with van der Waals surface area (Å²) in [5.74, 6) is 2.28. The second-order valence-electron chi connectivity index (χ2n) is 5.15. The molecule has 0 aromatic heterocycles. The van der Waals surface area contributed by atoms with Crippen LogP contribution in [0.15, 0.2) is 30.3 Å². The lowest BCUT2D eigenvalue weighted by Gasteiger charge is -2.20. The first kappa shape index (κ1) is 13.8. The van der Waals surface area contributed by atoms with Gasteiger partial charge in [0.25, 0.3) is 0 Å². The average molecular weight is 283 g/mol. The monoisotopic (exact) mass is 282 g/mol. The van der Waals surface area contributed by atoms with Gasteiger partial charge in [0.05, 0.1) is 0 Å². The van der Waals surface area contributed by atoms with Crippen LogP contribution in [-0.4, -0.2) is 5.33 Å². The number of rotatable bonds is 6. The molecule has 0 radical (unpaired) electrons. The van der Waals surface area contributed by atoms with E-state index < -0.39 is 0 Å². The van der Waals surface area contributed by atoms with Gasteiger partial charge in [0, 0.05) is 5.33 Å². The number of hydrogen-bond donors (Lipinski definition) is 0. The summed E-state index contributed by atoms with van der Waals surface area (Å²) in [6.07, 6.45) is 2.61. The maximum atomic E-state index is 3.55. The molecule has 1 rings (SSSR count). The molecule has 0 aliphatic rings. The molecule has 0 fully saturated rings. The van der Waals surface area contributed by atoms with Crippen LogP contribution in [0.1, 0.15) is 45.1 Å². The quantitative estimate of drug-likeness (QED) is 0.626. The second kappa shape index (κ2) is 7.11. The van der Waals surface area contributed by atoms with E-state index >= 15 is 0 Å². The first-order valence-corrected chi connectivity index (χ1v) is 7.36. The zero-order valence-corrected chi connectivity index (χ0v) is 12.2. The lowest BCUT2D eigenvalue weighted by atomic mass is 9.87. The molecular weight excluding hydrogens is 260 g/mol. The Hall–Kier alpha value is -0.300. The van der Waals surface area contributed by atoms with Gasteiger partial charge in [-0.1, -0.05) is 67.0 Å². The summed E-state index contributed by atoms with van der Waals surface area (Å²) < 4.78 is 0. The Kier molecular flexibility index (Phi) is 6.12. The van der Waals surface area contributed by atoms with Crippen molar-refractivity contribution in [3.8, 4) is 0 Å². The number of benzene rings is 1. The van der Waals surface area contributed by atoms with Crippen molar-refractivity contribution in [3.05, 3.63) is 35.9 Å². The molecule has 0 unspecified atom stereocenters. The third-order valence-corrected chi connectivity index (χ3v) is 4.30. The normalized spacial score (nSPS) is 16.8. The fourth-order valence-electron chi connectivity index (χ4n) is 2.37. The molecule has 0 heterocycles. The summed E-state index contributed by atoms with van der Waals surface area (Å²) in [4.78, 5) is 0. The van der Waals surface area contributed by atoms with E-state index in [1.54, 1.807) is 0 Å². The predicted octanol–water partition coefficient (Wildman–Crippen LogP) is 5.24. The molecule has 0 saturated heterocycles. The van der Waals surface area contributed by atoms with Gasteiger partial charge >= 0.3 is 0 Å². The number of halogens is 1. The van der Waals surface area contributed by atoms with Gasteiger partial charge in [-0.3, -0.25) is 0 Å². The van der Waals surface area contributed by atoms with Crippen molar-refractivity contribution in [1.82, 2.24) is 0 Å². The molecule has 90 valence electrons. The minimum atomic E-state index is 0.679. The first-order chi connectivity index (χ1) is 7.63. The molecule has 0 bridgehead atoms. The third kappa shape index (κ3) is 4.69. The lowest BCUT2D eigenvalue weighted by Crippen LogP contribution is -2.07. The first-order valence-electron chi connectivity index (χ1n) is 6.24. The molecule has 0 amide bonds. The van der Waals surface area contributed by atoms with Crippen LogP contribution in [0.5, 0.6) is 0 Å². The molecule has 0 aliphatic carbocycles. The van der Waals surface area contributed by atoms with E-state index in [1.165, 1.54) is 18.4 Å². The highest BCUT2D eigenvalue weighted by Crippen LogP contribution is 2.26.